The van der Waals surface area contributed by atoms with E-state index in [1.165, 1.54) is 0 Å². The number of hydrogen-bond donors (Lipinski definition) is 1. The van der Waals surface area contributed by atoms with Gasteiger partial charge in [-0.3, -0.25) is 4.90 Å². The first-order chi connectivity index (χ1) is 12.7. The number of morpholine rings is 1. The lowest BCUT2D eigenvalue weighted by molar-refractivity contribution is -0.644. The SMILES string of the molecule is CCc1cc2c(cc1CCCO)nc(CCCN1CCOCC1)n[n+]2[O-]. The first kappa shape index (κ1) is 18.9. The zero-order chi connectivity index (χ0) is 18.4. The summed E-state index contributed by atoms with van der Waals surface area (Å²) < 4.78 is 5.36. The van der Waals surface area contributed by atoms with Gasteiger partial charge < -0.3 is 15.1 Å². The number of hydrogen-bond acceptors (Lipinski definition) is 6. The summed E-state index contributed by atoms with van der Waals surface area (Å²) in [6.45, 7) is 6.73. The molecule has 2 heterocycles. The number of aryl methyl sites for hydroxylation is 3. The normalized spacial score (nSPS) is 15.6. The van der Waals surface area contributed by atoms with Crippen LogP contribution in [0.1, 0.15) is 36.7 Å². The Labute approximate surface area is 154 Å². The lowest BCUT2D eigenvalue weighted by atomic mass is 10.00. The van der Waals surface area contributed by atoms with Crippen LogP contribution in [0.3, 0.4) is 0 Å². The van der Waals surface area contributed by atoms with E-state index >= 15 is 0 Å². The molecule has 0 saturated carbocycles. The van der Waals surface area contributed by atoms with Crippen molar-refractivity contribution >= 4 is 11.0 Å². The summed E-state index contributed by atoms with van der Waals surface area (Å²) in [5.74, 6) is 0.595. The van der Waals surface area contributed by atoms with Gasteiger partial charge in [0, 0.05) is 37.3 Å². The first-order valence-electron chi connectivity index (χ1n) is 9.54. The van der Waals surface area contributed by atoms with Gasteiger partial charge in [-0.05, 0) is 54.3 Å². The van der Waals surface area contributed by atoms with Gasteiger partial charge in [0.2, 0.25) is 0 Å². The van der Waals surface area contributed by atoms with Crippen LogP contribution in [0, 0.1) is 5.21 Å². The summed E-state index contributed by atoms with van der Waals surface area (Å²) >= 11 is 0. The minimum absolute atomic E-state index is 0.166. The minimum atomic E-state index is 0.166. The molecule has 1 aromatic carbocycles. The number of ether oxygens (including phenoxy) is 1. The molecule has 1 aromatic heterocycles. The predicted molar refractivity (Wildman–Crippen MR) is 98.9 cm³/mol. The molecule has 1 saturated heterocycles. The van der Waals surface area contributed by atoms with Crippen LogP contribution in [0.25, 0.3) is 11.0 Å². The Morgan fingerprint density at radius 2 is 2.00 bits per heavy atom. The average molecular weight is 360 g/mol. The van der Waals surface area contributed by atoms with E-state index in [2.05, 4.69) is 21.9 Å². The molecule has 0 spiro atoms. The Bertz CT molecular complexity index is 732. The van der Waals surface area contributed by atoms with E-state index in [1.54, 1.807) is 0 Å². The Balaban J connectivity index is 1.74. The molecule has 7 heteroatoms. The number of rotatable bonds is 8. The van der Waals surface area contributed by atoms with E-state index in [0.717, 1.165) is 63.2 Å². The van der Waals surface area contributed by atoms with Crippen LogP contribution in [0.5, 0.6) is 0 Å². The third-order valence-electron chi connectivity index (χ3n) is 4.92. The summed E-state index contributed by atoms with van der Waals surface area (Å²) in [5, 5.41) is 25.6. The van der Waals surface area contributed by atoms with Crippen LogP contribution < -0.4 is 4.85 Å². The van der Waals surface area contributed by atoms with E-state index < -0.39 is 0 Å². The molecule has 26 heavy (non-hydrogen) atoms. The molecular formula is C19H28N4O3. The molecule has 1 aliphatic rings. The topological polar surface area (TPSA) is 85.4 Å². The van der Waals surface area contributed by atoms with E-state index in [9.17, 15) is 5.21 Å². The zero-order valence-corrected chi connectivity index (χ0v) is 15.5. The molecule has 1 aliphatic heterocycles. The standard InChI is InChI=1S/C19H28N4O3/c1-2-15-14-18-17(13-16(15)5-4-10-24)20-19(21-23(18)25)6-3-7-22-8-11-26-12-9-22/h13-14,24H,2-12H2,1H3. The number of fused-ring (bicyclic) bond motifs is 1. The molecule has 142 valence electrons. The van der Waals surface area contributed by atoms with Crippen molar-refractivity contribution < 1.29 is 14.7 Å². The highest BCUT2D eigenvalue weighted by Gasteiger charge is 2.15. The van der Waals surface area contributed by atoms with Gasteiger partial charge in [-0.15, -0.1) is 0 Å². The lowest BCUT2D eigenvalue weighted by Gasteiger charge is -2.26. The predicted octanol–water partition coefficient (Wildman–Crippen LogP) is 1.02. The maximum Gasteiger partial charge on any atom is 0.270 e. The van der Waals surface area contributed by atoms with Gasteiger partial charge in [0.15, 0.2) is 5.82 Å². The van der Waals surface area contributed by atoms with Gasteiger partial charge in [0.1, 0.15) is 5.52 Å². The zero-order valence-electron chi connectivity index (χ0n) is 15.5. The molecule has 3 rings (SSSR count). The monoisotopic (exact) mass is 360 g/mol. The molecule has 1 fully saturated rings. The lowest BCUT2D eigenvalue weighted by Crippen LogP contribution is -2.37. The fourth-order valence-electron chi connectivity index (χ4n) is 3.45. The van der Waals surface area contributed by atoms with Crippen LogP contribution in [-0.4, -0.2) is 59.5 Å². The molecule has 1 N–H and O–H groups in total. The highest BCUT2D eigenvalue weighted by molar-refractivity contribution is 5.73. The van der Waals surface area contributed by atoms with Gasteiger partial charge in [-0.1, -0.05) is 6.92 Å². The van der Waals surface area contributed by atoms with Crippen molar-refractivity contribution in [1.82, 2.24) is 15.0 Å². The van der Waals surface area contributed by atoms with Crippen molar-refractivity contribution in [1.29, 1.82) is 0 Å². The molecule has 0 radical (unpaired) electrons. The van der Waals surface area contributed by atoms with Crippen molar-refractivity contribution in [2.75, 3.05) is 39.5 Å². The number of benzene rings is 1. The van der Waals surface area contributed by atoms with Gasteiger partial charge >= 0.3 is 0 Å². The number of nitrogens with zero attached hydrogens (tertiary/aromatic N) is 4. The Morgan fingerprint density at radius 3 is 2.73 bits per heavy atom. The summed E-state index contributed by atoms with van der Waals surface area (Å²) in [4.78, 5) is 7.71. The van der Waals surface area contributed by atoms with Gasteiger partial charge in [-0.2, -0.15) is 0 Å². The maximum absolute atomic E-state index is 12.4. The Hall–Kier alpha value is -1.83. The summed E-state index contributed by atoms with van der Waals surface area (Å²) in [7, 11) is 0. The van der Waals surface area contributed by atoms with Gasteiger partial charge in [-0.25, -0.2) is 4.98 Å². The first-order valence-corrected chi connectivity index (χ1v) is 9.54. The third kappa shape index (κ3) is 4.66. The highest BCUT2D eigenvalue weighted by Crippen LogP contribution is 2.19. The quantitative estimate of drug-likeness (QED) is 0.559. The smallest absolute Gasteiger partial charge is 0.270 e. The van der Waals surface area contributed by atoms with Crippen LogP contribution >= 0.6 is 0 Å². The fourth-order valence-corrected chi connectivity index (χ4v) is 3.45. The van der Waals surface area contributed by atoms with Crippen LogP contribution in [0.4, 0.5) is 0 Å². The summed E-state index contributed by atoms with van der Waals surface area (Å²) in [6, 6.07) is 3.89. The van der Waals surface area contributed by atoms with Crippen molar-refractivity contribution in [2.45, 2.75) is 39.0 Å². The van der Waals surface area contributed by atoms with Crippen LogP contribution in [0.2, 0.25) is 0 Å². The second-order valence-corrected chi connectivity index (χ2v) is 6.75. The van der Waals surface area contributed by atoms with Crippen LogP contribution in [-0.2, 0) is 24.0 Å². The second kappa shape index (κ2) is 9.21. The molecule has 0 aliphatic carbocycles. The molecular weight excluding hydrogens is 332 g/mol. The largest absolute Gasteiger partial charge is 0.594 e. The fraction of sp³-hybridized carbons (Fsp3) is 0.632. The Kier molecular flexibility index (Phi) is 6.71. The Morgan fingerprint density at radius 1 is 1.19 bits per heavy atom. The van der Waals surface area contributed by atoms with Gasteiger partial charge in [0.25, 0.3) is 5.52 Å². The number of aliphatic hydroxyl groups excluding tert-OH is 1. The minimum Gasteiger partial charge on any atom is -0.594 e. The van der Waals surface area contributed by atoms with E-state index in [-0.39, 0.29) is 6.61 Å². The second-order valence-electron chi connectivity index (χ2n) is 6.75. The third-order valence-corrected chi connectivity index (χ3v) is 4.92. The van der Waals surface area contributed by atoms with Crippen molar-refractivity contribution in [3.63, 3.8) is 0 Å². The molecule has 0 atom stereocenters. The highest BCUT2D eigenvalue weighted by atomic mass is 16.5. The number of aliphatic hydroxyl groups is 1. The summed E-state index contributed by atoms with van der Waals surface area (Å²) in [5.41, 5.74) is 3.50. The van der Waals surface area contributed by atoms with E-state index in [4.69, 9.17) is 9.84 Å². The summed E-state index contributed by atoms with van der Waals surface area (Å²) in [6.07, 6.45) is 3.98. The van der Waals surface area contributed by atoms with Crippen molar-refractivity contribution in [3.05, 3.63) is 34.3 Å². The van der Waals surface area contributed by atoms with E-state index in [1.807, 2.05) is 12.1 Å². The molecule has 7 nitrogen and oxygen atoms in total. The molecule has 0 unspecified atom stereocenters. The van der Waals surface area contributed by atoms with Crippen molar-refractivity contribution in [2.24, 2.45) is 0 Å². The van der Waals surface area contributed by atoms with E-state index in [0.29, 0.717) is 34.5 Å². The van der Waals surface area contributed by atoms with Crippen molar-refractivity contribution in [3.8, 4) is 0 Å². The molecule has 0 amide bonds. The molecule has 0 bridgehead atoms. The number of aromatic nitrogens is 3. The molecule has 2 aromatic rings. The van der Waals surface area contributed by atoms with Gasteiger partial charge in [0.05, 0.1) is 13.2 Å². The van der Waals surface area contributed by atoms with Crippen LogP contribution in [0.15, 0.2) is 12.1 Å². The average Bonchev–Trinajstić information content (AvgIpc) is 2.66. The maximum atomic E-state index is 12.4.